The number of carbonyl (C=O) groups excluding carboxylic acids is 2. The molecule has 0 spiro atoms. The molecule has 0 saturated carbocycles. The van der Waals surface area contributed by atoms with Gasteiger partial charge < -0.3 is 14.5 Å². The van der Waals surface area contributed by atoms with Gasteiger partial charge in [0.1, 0.15) is 5.01 Å². The molecule has 0 atom stereocenters. The van der Waals surface area contributed by atoms with Gasteiger partial charge >= 0.3 is 6.09 Å². The molecule has 0 aliphatic carbocycles. The van der Waals surface area contributed by atoms with Crippen LogP contribution in [0.25, 0.3) is 10.7 Å². The summed E-state index contributed by atoms with van der Waals surface area (Å²) in [5, 5.41) is 2.71. The summed E-state index contributed by atoms with van der Waals surface area (Å²) in [6.07, 6.45) is 1.68. The number of hydrogen-bond donors (Lipinski definition) is 0. The van der Waals surface area contributed by atoms with Crippen LogP contribution in [0.1, 0.15) is 12.6 Å². The first-order chi connectivity index (χ1) is 12.2. The summed E-state index contributed by atoms with van der Waals surface area (Å²) in [5.74, 6) is 0.0291. The number of carbonyl (C=O) groups is 2. The SMILES string of the molecule is CCOC(=O)N1CCN(C(=O)Cc2csc(-c3ccccn3)n2)CC1. The molecule has 3 heterocycles. The second-order valence-corrected chi connectivity index (χ2v) is 6.46. The molecule has 0 N–H and O–H groups in total. The minimum absolute atomic E-state index is 0.0291. The Bertz CT molecular complexity index is 727. The first-order valence-corrected chi connectivity index (χ1v) is 9.10. The minimum atomic E-state index is -0.311. The van der Waals surface area contributed by atoms with E-state index in [0.717, 1.165) is 16.4 Å². The van der Waals surface area contributed by atoms with Gasteiger partial charge in [0.15, 0.2) is 0 Å². The van der Waals surface area contributed by atoms with Gasteiger partial charge in [-0.15, -0.1) is 11.3 Å². The number of hydrogen-bond acceptors (Lipinski definition) is 6. The van der Waals surface area contributed by atoms with Gasteiger partial charge in [-0.05, 0) is 19.1 Å². The predicted molar refractivity (Wildman–Crippen MR) is 94.2 cm³/mol. The maximum Gasteiger partial charge on any atom is 0.409 e. The van der Waals surface area contributed by atoms with Gasteiger partial charge in [-0.3, -0.25) is 9.78 Å². The monoisotopic (exact) mass is 360 g/mol. The Balaban J connectivity index is 1.54. The van der Waals surface area contributed by atoms with Crippen molar-refractivity contribution < 1.29 is 14.3 Å². The highest BCUT2D eigenvalue weighted by atomic mass is 32.1. The zero-order chi connectivity index (χ0) is 17.6. The zero-order valence-electron chi connectivity index (χ0n) is 14.1. The lowest BCUT2D eigenvalue weighted by Gasteiger charge is -2.34. The number of piperazine rings is 1. The van der Waals surface area contributed by atoms with Crippen LogP contribution in [0, 0.1) is 0 Å². The first-order valence-electron chi connectivity index (χ1n) is 8.22. The van der Waals surface area contributed by atoms with Crippen LogP contribution in [0.2, 0.25) is 0 Å². The molecular formula is C17H20N4O3S. The number of rotatable bonds is 4. The number of pyridine rings is 1. The smallest absolute Gasteiger partial charge is 0.409 e. The van der Waals surface area contributed by atoms with Gasteiger partial charge in [-0.2, -0.15) is 0 Å². The molecule has 1 fully saturated rings. The Morgan fingerprint density at radius 1 is 1.20 bits per heavy atom. The van der Waals surface area contributed by atoms with E-state index in [1.807, 2.05) is 23.6 Å². The van der Waals surface area contributed by atoms with Crippen molar-refractivity contribution >= 4 is 23.3 Å². The Labute approximate surface area is 150 Å². The molecule has 25 heavy (non-hydrogen) atoms. The fourth-order valence-electron chi connectivity index (χ4n) is 2.62. The van der Waals surface area contributed by atoms with Crippen molar-refractivity contribution in [3.8, 4) is 10.7 Å². The zero-order valence-corrected chi connectivity index (χ0v) is 14.9. The van der Waals surface area contributed by atoms with E-state index in [1.165, 1.54) is 11.3 Å². The normalized spacial score (nSPS) is 14.4. The summed E-state index contributed by atoms with van der Waals surface area (Å²) in [4.78, 5) is 36.3. The van der Waals surface area contributed by atoms with Crippen molar-refractivity contribution in [1.82, 2.24) is 19.8 Å². The van der Waals surface area contributed by atoms with E-state index in [2.05, 4.69) is 9.97 Å². The van der Waals surface area contributed by atoms with Crippen molar-refractivity contribution in [2.75, 3.05) is 32.8 Å². The van der Waals surface area contributed by atoms with Gasteiger partial charge in [0.05, 0.1) is 24.4 Å². The van der Waals surface area contributed by atoms with E-state index in [0.29, 0.717) is 32.8 Å². The van der Waals surface area contributed by atoms with E-state index in [4.69, 9.17) is 4.74 Å². The van der Waals surface area contributed by atoms with Gasteiger partial charge in [0, 0.05) is 37.8 Å². The van der Waals surface area contributed by atoms with Gasteiger partial charge in [-0.25, -0.2) is 9.78 Å². The van der Waals surface area contributed by atoms with Crippen LogP contribution in [0.3, 0.4) is 0 Å². The fourth-order valence-corrected chi connectivity index (χ4v) is 3.41. The maximum atomic E-state index is 12.5. The summed E-state index contributed by atoms with van der Waals surface area (Å²) in [6.45, 7) is 4.19. The van der Waals surface area contributed by atoms with E-state index < -0.39 is 0 Å². The largest absolute Gasteiger partial charge is 0.450 e. The van der Waals surface area contributed by atoms with Gasteiger partial charge in [-0.1, -0.05) is 6.07 Å². The van der Waals surface area contributed by atoms with E-state index in [1.54, 1.807) is 22.9 Å². The molecule has 1 saturated heterocycles. The lowest BCUT2D eigenvalue weighted by Crippen LogP contribution is -2.51. The number of amides is 2. The van der Waals surface area contributed by atoms with Crippen molar-refractivity contribution in [2.45, 2.75) is 13.3 Å². The van der Waals surface area contributed by atoms with E-state index in [-0.39, 0.29) is 18.4 Å². The third-order valence-corrected chi connectivity index (χ3v) is 4.84. The van der Waals surface area contributed by atoms with Crippen molar-refractivity contribution in [2.24, 2.45) is 0 Å². The topological polar surface area (TPSA) is 75.6 Å². The van der Waals surface area contributed by atoms with Crippen LogP contribution < -0.4 is 0 Å². The summed E-state index contributed by atoms with van der Waals surface area (Å²) < 4.78 is 4.99. The van der Waals surface area contributed by atoms with Gasteiger partial charge in [0.25, 0.3) is 0 Å². The summed E-state index contributed by atoms with van der Waals surface area (Å²) in [7, 11) is 0. The second kappa shape index (κ2) is 8.06. The second-order valence-electron chi connectivity index (χ2n) is 5.60. The molecule has 3 rings (SSSR count). The lowest BCUT2D eigenvalue weighted by molar-refractivity contribution is -0.132. The number of aromatic nitrogens is 2. The van der Waals surface area contributed by atoms with Crippen LogP contribution in [0.15, 0.2) is 29.8 Å². The average Bonchev–Trinajstić information content (AvgIpc) is 3.11. The van der Waals surface area contributed by atoms with E-state index >= 15 is 0 Å². The Hall–Kier alpha value is -2.48. The number of thiazole rings is 1. The Morgan fingerprint density at radius 3 is 2.64 bits per heavy atom. The third-order valence-electron chi connectivity index (χ3n) is 3.93. The maximum absolute atomic E-state index is 12.5. The van der Waals surface area contributed by atoms with E-state index in [9.17, 15) is 9.59 Å². The molecule has 132 valence electrons. The number of ether oxygens (including phenoxy) is 1. The molecule has 7 nitrogen and oxygen atoms in total. The first kappa shape index (κ1) is 17.3. The predicted octanol–water partition coefficient (Wildman–Crippen LogP) is 2.05. The highest BCUT2D eigenvalue weighted by Gasteiger charge is 2.25. The van der Waals surface area contributed by atoms with Crippen molar-refractivity contribution in [3.05, 3.63) is 35.5 Å². The molecule has 0 radical (unpaired) electrons. The third kappa shape index (κ3) is 4.33. The van der Waals surface area contributed by atoms with Crippen LogP contribution in [0.4, 0.5) is 4.79 Å². The summed E-state index contributed by atoms with van der Waals surface area (Å²) in [6, 6.07) is 5.67. The Morgan fingerprint density at radius 2 is 1.96 bits per heavy atom. The lowest BCUT2D eigenvalue weighted by atomic mass is 10.2. The van der Waals surface area contributed by atoms with Crippen molar-refractivity contribution in [1.29, 1.82) is 0 Å². The highest BCUT2D eigenvalue weighted by molar-refractivity contribution is 7.13. The number of nitrogens with zero attached hydrogens (tertiary/aromatic N) is 4. The quantitative estimate of drug-likeness (QED) is 0.834. The molecule has 2 aromatic rings. The molecule has 0 aromatic carbocycles. The van der Waals surface area contributed by atoms with Gasteiger partial charge in [0.2, 0.25) is 5.91 Å². The van der Waals surface area contributed by atoms with Crippen LogP contribution in [0.5, 0.6) is 0 Å². The molecule has 2 amide bonds. The van der Waals surface area contributed by atoms with Crippen LogP contribution in [-0.2, 0) is 16.0 Å². The molecule has 1 aliphatic heterocycles. The highest BCUT2D eigenvalue weighted by Crippen LogP contribution is 2.21. The minimum Gasteiger partial charge on any atom is -0.450 e. The molecule has 8 heteroatoms. The fraction of sp³-hybridized carbons (Fsp3) is 0.412. The molecule has 1 aliphatic rings. The van der Waals surface area contributed by atoms with Crippen LogP contribution in [-0.4, -0.2) is 64.6 Å². The van der Waals surface area contributed by atoms with Crippen molar-refractivity contribution in [3.63, 3.8) is 0 Å². The molecular weight excluding hydrogens is 340 g/mol. The molecule has 2 aromatic heterocycles. The molecule has 0 bridgehead atoms. The average molecular weight is 360 g/mol. The summed E-state index contributed by atoms with van der Waals surface area (Å²) >= 11 is 1.49. The summed E-state index contributed by atoms with van der Waals surface area (Å²) in [5.41, 5.74) is 1.57. The standard InChI is InChI=1S/C17H20N4O3S/c1-2-24-17(23)21-9-7-20(8-10-21)15(22)11-13-12-25-16(19-13)14-5-3-4-6-18-14/h3-6,12H,2,7-11H2,1H3. The molecule has 0 unspecified atom stereocenters. The van der Waals surface area contributed by atoms with Crippen LogP contribution >= 0.6 is 11.3 Å². The Kier molecular flexibility index (Phi) is 5.60.